The molecule has 0 radical (unpaired) electrons. The molecule has 1 rings (SSSR count). The van der Waals surface area contributed by atoms with E-state index in [2.05, 4.69) is 0 Å². The quantitative estimate of drug-likeness (QED) is 0.754. The fourth-order valence-electron chi connectivity index (χ4n) is 1.42. The highest BCUT2D eigenvalue weighted by atomic mass is 16.5. The highest BCUT2D eigenvalue weighted by Crippen LogP contribution is 2.27. The standard InChI is InChI=1S/C12H13NO2/c1-3-11(14)10(8-13)9-6-4-5-7-12(9)15-2/h4-7,10H,3H2,1-2H3/t10-/m0/s1. The van der Waals surface area contributed by atoms with Crippen LogP contribution in [0, 0.1) is 11.3 Å². The van der Waals surface area contributed by atoms with Gasteiger partial charge in [-0.3, -0.25) is 4.79 Å². The summed E-state index contributed by atoms with van der Waals surface area (Å²) in [6.45, 7) is 1.75. The zero-order valence-electron chi connectivity index (χ0n) is 8.86. The number of ketones is 1. The van der Waals surface area contributed by atoms with Gasteiger partial charge in [0.2, 0.25) is 0 Å². The summed E-state index contributed by atoms with van der Waals surface area (Å²) >= 11 is 0. The molecule has 0 aliphatic carbocycles. The summed E-state index contributed by atoms with van der Waals surface area (Å²) in [6, 6.07) is 9.13. The number of hydrogen-bond acceptors (Lipinski definition) is 3. The minimum Gasteiger partial charge on any atom is -0.496 e. The molecule has 0 aliphatic heterocycles. The third kappa shape index (κ3) is 2.35. The van der Waals surface area contributed by atoms with Crippen molar-refractivity contribution in [1.82, 2.24) is 0 Å². The lowest BCUT2D eigenvalue weighted by atomic mass is 9.94. The summed E-state index contributed by atoms with van der Waals surface area (Å²) in [4.78, 5) is 11.5. The Morgan fingerprint density at radius 1 is 1.53 bits per heavy atom. The van der Waals surface area contributed by atoms with Crippen molar-refractivity contribution >= 4 is 5.78 Å². The van der Waals surface area contributed by atoms with Crippen LogP contribution in [0.4, 0.5) is 0 Å². The van der Waals surface area contributed by atoms with Crippen molar-refractivity contribution < 1.29 is 9.53 Å². The first-order chi connectivity index (χ1) is 7.24. The number of rotatable bonds is 4. The Morgan fingerprint density at radius 3 is 2.73 bits per heavy atom. The number of Topliss-reactive ketones (excluding diaryl/α,β-unsaturated/α-hetero) is 1. The summed E-state index contributed by atoms with van der Waals surface area (Å²) in [6.07, 6.45) is 0.357. The molecule has 3 nitrogen and oxygen atoms in total. The molecule has 0 bridgehead atoms. The van der Waals surface area contributed by atoms with Gasteiger partial charge in [0.25, 0.3) is 0 Å². The number of benzene rings is 1. The number of nitriles is 1. The van der Waals surface area contributed by atoms with Crippen LogP contribution in [0.1, 0.15) is 24.8 Å². The number of carbonyl (C=O) groups is 1. The van der Waals surface area contributed by atoms with Crippen LogP contribution >= 0.6 is 0 Å². The van der Waals surface area contributed by atoms with Gasteiger partial charge in [-0.25, -0.2) is 0 Å². The van der Waals surface area contributed by atoms with Crippen LogP contribution in [0.5, 0.6) is 5.75 Å². The fourth-order valence-corrected chi connectivity index (χ4v) is 1.42. The molecule has 15 heavy (non-hydrogen) atoms. The SMILES string of the molecule is CCC(=O)[C@@H](C#N)c1ccccc1OC. The van der Waals surface area contributed by atoms with E-state index < -0.39 is 5.92 Å². The number of methoxy groups -OCH3 is 1. The van der Waals surface area contributed by atoms with E-state index in [1.165, 1.54) is 7.11 Å². The maximum absolute atomic E-state index is 11.5. The average Bonchev–Trinajstić information content (AvgIpc) is 2.30. The molecule has 0 aromatic heterocycles. The van der Waals surface area contributed by atoms with Gasteiger partial charge in [0.15, 0.2) is 5.78 Å². The van der Waals surface area contributed by atoms with Crippen LogP contribution in [0.25, 0.3) is 0 Å². The van der Waals surface area contributed by atoms with Crippen molar-refractivity contribution in [1.29, 1.82) is 5.26 Å². The third-order valence-corrected chi connectivity index (χ3v) is 2.25. The van der Waals surface area contributed by atoms with Crippen LogP contribution in [0.3, 0.4) is 0 Å². The predicted octanol–water partition coefficient (Wildman–Crippen LogP) is 2.28. The first-order valence-corrected chi connectivity index (χ1v) is 4.79. The average molecular weight is 203 g/mol. The largest absolute Gasteiger partial charge is 0.496 e. The van der Waals surface area contributed by atoms with Gasteiger partial charge in [0.1, 0.15) is 11.7 Å². The smallest absolute Gasteiger partial charge is 0.154 e. The number of ether oxygens (including phenoxy) is 1. The summed E-state index contributed by atoms with van der Waals surface area (Å²) < 4.78 is 5.12. The molecule has 0 N–H and O–H groups in total. The molecule has 0 unspecified atom stereocenters. The third-order valence-electron chi connectivity index (χ3n) is 2.25. The van der Waals surface area contributed by atoms with Crippen molar-refractivity contribution in [3.05, 3.63) is 29.8 Å². The number of nitrogens with zero attached hydrogens (tertiary/aromatic N) is 1. The van der Waals surface area contributed by atoms with Gasteiger partial charge in [0.05, 0.1) is 13.2 Å². The van der Waals surface area contributed by atoms with E-state index in [1.54, 1.807) is 25.1 Å². The monoisotopic (exact) mass is 203 g/mol. The molecule has 1 aromatic carbocycles. The molecule has 1 aromatic rings. The molecule has 0 saturated carbocycles. The Labute approximate surface area is 89.3 Å². The zero-order chi connectivity index (χ0) is 11.3. The number of carbonyl (C=O) groups excluding carboxylic acids is 1. The van der Waals surface area contributed by atoms with Crippen molar-refractivity contribution in [2.75, 3.05) is 7.11 Å². The van der Waals surface area contributed by atoms with E-state index >= 15 is 0 Å². The second kappa shape index (κ2) is 5.16. The molecule has 0 fully saturated rings. The molecule has 0 spiro atoms. The highest BCUT2D eigenvalue weighted by Gasteiger charge is 2.21. The van der Waals surface area contributed by atoms with Gasteiger partial charge < -0.3 is 4.74 Å². The first-order valence-electron chi connectivity index (χ1n) is 4.79. The Hall–Kier alpha value is -1.82. The maximum Gasteiger partial charge on any atom is 0.154 e. The summed E-state index contributed by atoms with van der Waals surface area (Å²) in [5, 5.41) is 8.97. The fraction of sp³-hybridized carbons (Fsp3) is 0.333. The predicted molar refractivity (Wildman–Crippen MR) is 56.6 cm³/mol. The minimum absolute atomic E-state index is 0.0815. The van der Waals surface area contributed by atoms with Gasteiger partial charge in [0, 0.05) is 12.0 Å². The molecule has 0 saturated heterocycles. The van der Waals surface area contributed by atoms with E-state index in [4.69, 9.17) is 10.00 Å². The van der Waals surface area contributed by atoms with Crippen molar-refractivity contribution in [2.24, 2.45) is 0 Å². The van der Waals surface area contributed by atoms with E-state index in [0.29, 0.717) is 17.7 Å². The second-order valence-electron chi connectivity index (χ2n) is 3.12. The van der Waals surface area contributed by atoms with Crippen LogP contribution < -0.4 is 4.74 Å². The highest BCUT2D eigenvalue weighted by molar-refractivity contribution is 5.88. The zero-order valence-corrected chi connectivity index (χ0v) is 8.86. The van der Waals surface area contributed by atoms with Gasteiger partial charge in [-0.15, -0.1) is 0 Å². The Kier molecular flexibility index (Phi) is 3.87. The van der Waals surface area contributed by atoms with Crippen molar-refractivity contribution in [3.8, 4) is 11.8 Å². The van der Waals surface area contributed by atoms with Crippen LogP contribution in [-0.4, -0.2) is 12.9 Å². The molecule has 3 heteroatoms. The van der Waals surface area contributed by atoms with E-state index in [1.807, 2.05) is 12.1 Å². The van der Waals surface area contributed by atoms with Gasteiger partial charge in [-0.05, 0) is 6.07 Å². The van der Waals surface area contributed by atoms with Crippen LogP contribution in [0.15, 0.2) is 24.3 Å². The molecule has 0 heterocycles. The lowest BCUT2D eigenvalue weighted by molar-refractivity contribution is -0.119. The molecule has 78 valence electrons. The van der Waals surface area contributed by atoms with Crippen LogP contribution in [0.2, 0.25) is 0 Å². The van der Waals surface area contributed by atoms with Gasteiger partial charge in [-0.2, -0.15) is 5.26 Å². The number of para-hydroxylation sites is 1. The first kappa shape index (κ1) is 11.3. The van der Waals surface area contributed by atoms with Crippen molar-refractivity contribution in [3.63, 3.8) is 0 Å². The number of hydrogen-bond donors (Lipinski definition) is 0. The Bertz CT molecular complexity index is 393. The molecule has 0 amide bonds. The summed E-state index contributed by atoms with van der Waals surface area (Å²) in [5.41, 5.74) is 0.648. The molecular weight excluding hydrogens is 190 g/mol. The van der Waals surface area contributed by atoms with Crippen LogP contribution in [-0.2, 0) is 4.79 Å². The van der Waals surface area contributed by atoms with E-state index in [9.17, 15) is 4.79 Å². The van der Waals surface area contributed by atoms with Gasteiger partial charge in [-0.1, -0.05) is 25.1 Å². The lowest BCUT2D eigenvalue weighted by Crippen LogP contribution is -2.10. The Balaban J connectivity index is 3.13. The lowest BCUT2D eigenvalue weighted by Gasteiger charge is -2.11. The normalized spacial score (nSPS) is 11.5. The van der Waals surface area contributed by atoms with E-state index in [-0.39, 0.29) is 5.78 Å². The van der Waals surface area contributed by atoms with Crippen molar-refractivity contribution in [2.45, 2.75) is 19.3 Å². The maximum atomic E-state index is 11.5. The molecular formula is C12H13NO2. The summed E-state index contributed by atoms with van der Waals surface area (Å²) in [5.74, 6) is -0.209. The Morgan fingerprint density at radius 2 is 2.20 bits per heavy atom. The topological polar surface area (TPSA) is 50.1 Å². The molecule has 1 atom stereocenters. The van der Waals surface area contributed by atoms with E-state index in [0.717, 1.165) is 0 Å². The second-order valence-corrected chi connectivity index (χ2v) is 3.12. The molecule has 0 aliphatic rings. The van der Waals surface area contributed by atoms with Gasteiger partial charge >= 0.3 is 0 Å². The summed E-state index contributed by atoms with van der Waals surface area (Å²) in [7, 11) is 1.53. The minimum atomic E-state index is -0.717.